The van der Waals surface area contributed by atoms with Gasteiger partial charge in [0.15, 0.2) is 0 Å². The molecule has 0 aromatic heterocycles. The predicted octanol–water partition coefficient (Wildman–Crippen LogP) is 2.61. The maximum Gasteiger partial charge on any atom is 0.349 e. The zero-order chi connectivity index (χ0) is 16.2. The summed E-state index contributed by atoms with van der Waals surface area (Å²) in [5.74, 6) is 0.252. The molecule has 0 aliphatic heterocycles. The van der Waals surface area contributed by atoms with Gasteiger partial charge in [-0.2, -0.15) is 0 Å². The fourth-order valence-corrected chi connectivity index (χ4v) is 1.54. The molecule has 1 aromatic carbocycles. The summed E-state index contributed by atoms with van der Waals surface area (Å²) in [7, 11) is 3.91. The van der Waals surface area contributed by atoms with Crippen molar-refractivity contribution in [3.05, 3.63) is 38.4 Å². The average Bonchev–Trinajstić information content (AvgIpc) is 2.37. The number of ether oxygens (including phenoxy) is 1. The SMILES string of the molecule is CN(C)C(C)(C)CCOc1ccc([N+](=O)[O-])c([N+](=O)[O-])c1. The average molecular weight is 297 g/mol. The van der Waals surface area contributed by atoms with Gasteiger partial charge in [0, 0.05) is 11.6 Å². The molecule has 0 aliphatic rings. The van der Waals surface area contributed by atoms with E-state index in [2.05, 4.69) is 18.7 Å². The second-order valence-corrected chi connectivity index (χ2v) is 5.47. The molecule has 116 valence electrons. The van der Waals surface area contributed by atoms with Crippen molar-refractivity contribution in [2.24, 2.45) is 0 Å². The fraction of sp³-hybridized carbons (Fsp3) is 0.538. The summed E-state index contributed by atoms with van der Waals surface area (Å²) in [6.07, 6.45) is 0.713. The molecule has 21 heavy (non-hydrogen) atoms. The van der Waals surface area contributed by atoms with Gasteiger partial charge in [0.2, 0.25) is 0 Å². The van der Waals surface area contributed by atoms with E-state index < -0.39 is 21.2 Å². The predicted molar refractivity (Wildman–Crippen MR) is 77.6 cm³/mol. The number of hydrogen-bond acceptors (Lipinski definition) is 6. The molecule has 0 radical (unpaired) electrons. The lowest BCUT2D eigenvalue weighted by Crippen LogP contribution is -2.39. The number of nitro benzene ring substituents is 2. The first-order valence-electron chi connectivity index (χ1n) is 6.38. The topological polar surface area (TPSA) is 98.8 Å². The lowest BCUT2D eigenvalue weighted by molar-refractivity contribution is -0.422. The first-order valence-corrected chi connectivity index (χ1v) is 6.38. The van der Waals surface area contributed by atoms with Gasteiger partial charge in [-0.15, -0.1) is 0 Å². The van der Waals surface area contributed by atoms with Crippen LogP contribution in [0.1, 0.15) is 20.3 Å². The molecule has 0 saturated heterocycles. The minimum Gasteiger partial charge on any atom is -0.493 e. The van der Waals surface area contributed by atoms with Gasteiger partial charge in [-0.25, -0.2) is 0 Å². The highest BCUT2D eigenvalue weighted by atomic mass is 16.6. The molecule has 0 aliphatic carbocycles. The Kier molecular flexibility index (Phi) is 5.20. The van der Waals surface area contributed by atoms with Gasteiger partial charge < -0.3 is 9.64 Å². The standard InChI is InChI=1S/C13H19N3O5/c1-13(2,14(3)4)7-8-21-10-5-6-11(15(17)18)12(9-10)16(19)20/h5-6,9H,7-8H2,1-4H3. The van der Waals surface area contributed by atoms with E-state index in [0.29, 0.717) is 13.0 Å². The van der Waals surface area contributed by atoms with Gasteiger partial charge in [0.1, 0.15) is 5.75 Å². The second kappa shape index (κ2) is 6.49. The Labute approximate surface area is 122 Å². The van der Waals surface area contributed by atoms with E-state index in [4.69, 9.17) is 4.74 Å². The van der Waals surface area contributed by atoms with Crippen LogP contribution in [0.5, 0.6) is 5.75 Å². The summed E-state index contributed by atoms with van der Waals surface area (Å²) in [4.78, 5) is 22.0. The zero-order valence-electron chi connectivity index (χ0n) is 12.5. The van der Waals surface area contributed by atoms with Crippen LogP contribution < -0.4 is 4.74 Å². The molecule has 0 N–H and O–H groups in total. The highest BCUT2D eigenvalue weighted by Gasteiger charge is 2.25. The molecule has 0 amide bonds. The smallest absolute Gasteiger partial charge is 0.349 e. The minimum absolute atomic E-state index is 0.0767. The molecule has 1 rings (SSSR count). The third-order valence-corrected chi connectivity index (χ3v) is 3.53. The Balaban J connectivity index is 2.80. The van der Waals surface area contributed by atoms with Gasteiger partial charge in [-0.3, -0.25) is 20.2 Å². The van der Waals surface area contributed by atoms with Gasteiger partial charge in [-0.1, -0.05) is 0 Å². The highest BCUT2D eigenvalue weighted by molar-refractivity contribution is 5.55. The highest BCUT2D eigenvalue weighted by Crippen LogP contribution is 2.30. The van der Waals surface area contributed by atoms with Crippen LogP contribution in [0.25, 0.3) is 0 Å². The summed E-state index contributed by atoms with van der Waals surface area (Å²) in [5.41, 5.74) is -1.18. The van der Waals surface area contributed by atoms with Gasteiger partial charge in [0.05, 0.1) is 22.5 Å². The number of hydrogen-bond donors (Lipinski definition) is 0. The van der Waals surface area contributed by atoms with Crippen molar-refractivity contribution < 1.29 is 14.6 Å². The van der Waals surface area contributed by atoms with Crippen LogP contribution in [-0.4, -0.2) is 41.0 Å². The number of rotatable bonds is 7. The Hall–Kier alpha value is -2.22. The molecule has 0 unspecified atom stereocenters. The molecule has 0 fully saturated rings. The second-order valence-electron chi connectivity index (χ2n) is 5.47. The Bertz CT molecular complexity index is 543. The first kappa shape index (κ1) is 16.8. The van der Waals surface area contributed by atoms with Crippen molar-refractivity contribution in [3.8, 4) is 5.75 Å². The molecule has 0 atom stereocenters. The summed E-state index contributed by atoms with van der Waals surface area (Å²) < 4.78 is 5.46. The number of nitrogens with zero attached hydrogens (tertiary/aromatic N) is 3. The maximum atomic E-state index is 10.8. The summed E-state index contributed by atoms with van der Waals surface area (Å²) in [6, 6.07) is 3.54. The van der Waals surface area contributed by atoms with Gasteiger partial charge >= 0.3 is 11.4 Å². The zero-order valence-corrected chi connectivity index (χ0v) is 12.5. The lowest BCUT2D eigenvalue weighted by Gasteiger charge is -2.32. The summed E-state index contributed by atoms with van der Waals surface area (Å²) in [5, 5.41) is 21.6. The van der Waals surface area contributed by atoms with Crippen LogP contribution in [-0.2, 0) is 0 Å². The minimum atomic E-state index is -0.783. The number of nitro groups is 2. The Morgan fingerprint density at radius 3 is 2.19 bits per heavy atom. The van der Waals surface area contributed by atoms with Gasteiger partial charge in [0.25, 0.3) is 0 Å². The molecular weight excluding hydrogens is 278 g/mol. The monoisotopic (exact) mass is 297 g/mol. The Morgan fingerprint density at radius 2 is 1.71 bits per heavy atom. The van der Waals surface area contributed by atoms with Crippen molar-refractivity contribution in [1.29, 1.82) is 0 Å². The lowest BCUT2D eigenvalue weighted by atomic mass is 10.0. The molecular formula is C13H19N3O5. The van der Waals surface area contributed by atoms with E-state index >= 15 is 0 Å². The van der Waals surface area contributed by atoms with Crippen LogP contribution in [0, 0.1) is 20.2 Å². The van der Waals surface area contributed by atoms with Crippen LogP contribution in [0.2, 0.25) is 0 Å². The molecule has 1 aromatic rings. The van der Waals surface area contributed by atoms with E-state index in [1.165, 1.54) is 6.07 Å². The van der Waals surface area contributed by atoms with Crippen LogP contribution in [0.3, 0.4) is 0 Å². The van der Waals surface area contributed by atoms with Gasteiger partial charge in [-0.05, 0) is 40.4 Å². The molecule has 8 nitrogen and oxygen atoms in total. The van der Waals surface area contributed by atoms with E-state index in [0.717, 1.165) is 12.1 Å². The quantitative estimate of drug-likeness (QED) is 0.566. The molecule has 0 heterocycles. The molecule has 0 spiro atoms. The third-order valence-electron chi connectivity index (χ3n) is 3.53. The first-order chi connectivity index (χ1) is 9.65. The van der Waals surface area contributed by atoms with E-state index in [1.807, 2.05) is 14.1 Å². The van der Waals surface area contributed by atoms with Crippen LogP contribution in [0.15, 0.2) is 18.2 Å². The fourth-order valence-electron chi connectivity index (χ4n) is 1.54. The molecule has 8 heteroatoms. The third kappa shape index (κ3) is 4.38. The largest absolute Gasteiger partial charge is 0.493 e. The maximum absolute atomic E-state index is 10.8. The van der Waals surface area contributed by atoms with E-state index in [1.54, 1.807) is 0 Å². The van der Waals surface area contributed by atoms with Crippen molar-refractivity contribution in [1.82, 2.24) is 4.90 Å². The van der Waals surface area contributed by atoms with E-state index in [-0.39, 0.29) is 11.3 Å². The van der Waals surface area contributed by atoms with Crippen LogP contribution in [0.4, 0.5) is 11.4 Å². The van der Waals surface area contributed by atoms with Crippen molar-refractivity contribution >= 4 is 11.4 Å². The van der Waals surface area contributed by atoms with Crippen molar-refractivity contribution in [2.75, 3.05) is 20.7 Å². The van der Waals surface area contributed by atoms with Crippen molar-refractivity contribution in [3.63, 3.8) is 0 Å². The summed E-state index contributed by atoms with van der Waals surface area (Å²) in [6.45, 7) is 4.46. The normalized spacial score (nSPS) is 11.5. The van der Waals surface area contributed by atoms with Crippen LogP contribution >= 0.6 is 0 Å². The molecule has 0 bridgehead atoms. The molecule has 0 saturated carbocycles. The Morgan fingerprint density at radius 1 is 1.14 bits per heavy atom. The van der Waals surface area contributed by atoms with Crippen molar-refractivity contribution in [2.45, 2.75) is 25.8 Å². The number of benzene rings is 1. The van der Waals surface area contributed by atoms with E-state index in [9.17, 15) is 20.2 Å². The summed E-state index contributed by atoms with van der Waals surface area (Å²) >= 11 is 0.